The molecule has 0 aromatic heterocycles. The van der Waals surface area contributed by atoms with Gasteiger partial charge in [0.15, 0.2) is 0 Å². The first-order valence-electron chi connectivity index (χ1n) is 3.81. The fourth-order valence-corrected chi connectivity index (χ4v) is 2.69. The largest absolute Gasteiger partial charge is 0.373 e. The molecule has 2 aliphatic rings. The van der Waals surface area contributed by atoms with E-state index < -0.39 is 0 Å². The van der Waals surface area contributed by atoms with E-state index in [4.69, 9.17) is 0 Å². The summed E-state index contributed by atoms with van der Waals surface area (Å²) in [5.41, 5.74) is 0. The lowest BCUT2D eigenvalue weighted by Gasteiger charge is -2.16. The number of aliphatic hydroxyl groups is 1. The van der Waals surface area contributed by atoms with Gasteiger partial charge in [0.2, 0.25) is 0 Å². The van der Waals surface area contributed by atoms with Crippen LogP contribution in [0.25, 0.3) is 0 Å². The molecule has 2 unspecified atom stereocenters. The third-order valence-electron chi connectivity index (χ3n) is 2.07. The Morgan fingerprint density at radius 1 is 1.64 bits per heavy atom. The molecule has 2 N–H and O–H groups in total. The van der Waals surface area contributed by atoms with E-state index in [1.807, 2.05) is 17.8 Å². The summed E-state index contributed by atoms with van der Waals surface area (Å²) in [4.78, 5) is 1.32. The molecule has 0 aromatic rings. The van der Waals surface area contributed by atoms with Gasteiger partial charge in [-0.25, -0.2) is 0 Å². The van der Waals surface area contributed by atoms with Crippen LogP contribution in [0.3, 0.4) is 0 Å². The van der Waals surface area contributed by atoms with Crippen LogP contribution in [0, 0.1) is 5.92 Å². The molecule has 60 valence electrons. The lowest BCUT2D eigenvalue weighted by Crippen LogP contribution is -2.30. The zero-order chi connectivity index (χ0) is 7.68. The van der Waals surface area contributed by atoms with E-state index in [0.29, 0.717) is 5.92 Å². The van der Waals surface area contributed by atoms with Crippen molar-refractivity contribution >= 4 is 11.8 Å². The molecule has 2 rings (SSSR count). The first-order valence-corrected chi connectivity index (χ1v) is 4.80. The van der Waals surface area contributed by atoms with Crippen molar-refractivity contribution < 1.29 is 5.11 Å². The summed E-state index contributed by atoms with van der Waals surface area (Å²) in [5, 5.41) is 12.5. The number of hydrogen-bond donors (Lipinski definition) is 2. The van der Waals surface area contributed by atoms with E-state index in [9.17, 15) is 5.11 Å². The van der Waals surface area contributed by atoms with Gasteiger partial charge in [0, 0.05) is 5.92 Å². The highest BCUT2D eigenvalue weighted by atomic mass is 32.2. The Morgan fingerprint density at radius 3 is 3.45 bits per heavy atom. The number of allylic oxidation sites excluding steroid dienone is 2. The van der Waals surface area contributed by atoms with Crippen LogP contribution in [0.2, 0.25) is 0 Å². The van der Waals surface area contributed by atoms with E-state index in [1.165, 1.54) is 4.91 Å². The predicted molar refractivity (Wildman–Crippen MR) is 46.9 cm³/mol. The maximum atomic E-state index is 9.54. The molecule has 2 heterocycles. The molecule has 0 radical (unpaired) electrons. The van der Waals surface area contributed by atoms with E-state index >= 15 is 0 Å². The van der Waals surface area contributed by atoms with Crippen LogP contribution in [0.1, 0.15) is 6.42 Å². The highest BCUT2D eigenvalue weighted by Gasteiger charge is 2.28. The average molecular weight is 169 g/mol. The summed E-state index contributed by atoms with van der Waals surface area (Å²) in [6, 6.07) is 0. The zero-order valence-electron chi connectivity index (χ0n) is 6.16. The van der Waals surface area contributed by atoms with Crippen molar-refractivity contribution in [2.75, 3.05) is 5.75 Å². The first-order chi connectivity index (χ1) is 5.38. The molecule has 1 saturated heterocycles. The van der Waals surface area contributed by atoms with Gasteiger partial charge in [-0.3, -0.25) is 0 Å². The molecule has 2 nitrogen and oxygen atoms in total. The minimum Gasteiger partial charge on any atom is -0.373 e. The van der Waals surface area contributed by atoms with Gasteiger partial charge in [0.1, 0.15) is 6.23 Å². The second-order valence-electron chi connectivity index (χ2n) is 2.78. The Bertz CT molecular complexity index is 212. The van der Waals surface area contributed by atoms with Crippen LogP contribution in [0.15, 0.2) is 23.3 Å². The monoisotopic (exact) mass is 169 g/mol. The highest BCUT2D eigenvalue weighted by Crippen LogP contribution is 2.38. The summed E-state index contributed by atoms with van der Waals surface area (Å²) >= 11 is 1.85. The third kappa shape index (κ3) is 1.30. The molecule has 1 fully saturated rings. The first kappa shape index (κ1) is 7.25. The van der Waals surface area contributed by atoms with Gasteiger partial charge >= 0.3 is 0 Å². The number of hydrogen-bond acceptors (Lipinski definition) is 3. The number of aliphatic hydroxyl groups excluding tert-OH is 1. The standard InChI is InChI=1S/C8H11NOS/c10-8-6-3-5-11-7(6)2-1-4-9-8/h1-2,4,6,8-10H,3,5H2. The van der Waals surface area contributed by atoms with Crippen LogP contribution in [0.5, 0.6) is 0 Å². The topological polar surface area (TPSA) is 32.3 Å². The normalized spacial score (nSPS) is 35.5. The van der Waals surface area contributed by atoms with Crippen LogP contribution in [0.4, 0.5) is 0 Å². The van der Waals surface area contributed by atoms with Gasteiger partial charge < -0.3 is 10.4 Å². The van der Waals surface area contributed by atoms with Gasteiger partial charge in [0.05, 0.1) is 0 Å². The van der Waals surface area contributed by atoms with E-state index in [-0.39, 0.29) is 6.23 Å². The maximum absolute atomic E-state index is 9.54. The molecule has 0 aliphatic carbocycles. The molecule has 3 heteroatoms. The molecular weight excluding hydrogens is 158 g/mol. The molecule has 2 aliphatic heterocycles. The molecule has 0 spiro atoms. The minimum absolute atomic E-state index is 0.329. The van der Waals surface area contributed by atoms with Crippen LogP contribution in [-0.2, 0) is 0 Å². The number of fused-ring (bicyclic) bond motifs is 1. The smallest absolute Gasteiger partial charge is 0.131 e. The fourth-order valence-electron chi connectivity index (χ4n) is 1.45. The van der Waals surface area contributed by atoms with E-state index in [1.54, 1.807) is 6.20 Å². The van der Waals surface area contributed by atoms with Gasteiger partial charge in [0.25, 0.3) is 0 Å². The molecule has 2 atom stereocenters. The molecule has 0 saturated carbocycles. The second-order valence-corrected chi connectivity index (χ2v) is 3.95. The lowest BCUT2D eigenvalue weighted by molar-refractivity contribution is 0.109. The number of thioether (sulfide) groups is 1. The van der Waals surface area contributed by atoms with Crippen molar-refractivity contribution in [1.82, 2.24) is 5.32 Å². The van der Waals surface area contributed by atoms with Crippen molar-refractivity contribution in [2.45, 2.75) is 12.6 Å². The summed E-state index contributed by atoms with van der Waals surface area (Å²) in [6.07, 6.45) is 6.56. The predicted octanol–water partition coefficient (Wildman–Crippen LogP) is 1.06. The Labute approximate surface area is 70.4 Å². The quantitative estimate of drug-likeness (QED) is 0.568. The van der Waals surface area contributed by atoms with E-state index in [2.05, 4.69) is 11.4 Å². The van der Waals surface area contributed by atoms with Crippen molar-refractivity contribution in [1.29, 1.82) is 0 Å². The summed E-state index contributed by atoms with van der Waals surface area (Å²) in [6.45, 7) is 0. The van der Waals surface area contributed by atoms with Crippen molar-refractivity contribution in [3.05, 3.63) is 23.3 Å². The lowest BCUT2D eigenvalue weighted by atomic mass is 10.1. The Morgan fingerprint density at radius 2 is 2.55 bits per heavy atom. The number of rotatable bonds is 0. The molecule has 0 amide bonds. The Hall–Kier alpha value is -0.410. The van der Waals surface area contributed by atoms with Gasteiger partial charge in [-0.15, -0.1) is 11.8 Å². The summed E-state index contributed by atoms with van der Waals surface area (Å²) < 4.78 is 0. The zero-order valence-corrected chi connectivity index (χ0v) is 6.97. The SMILES string of the molecule is OC1NC=CC=C2SCCC21. The van der Waals surface area contributed by atoms with Crippen molar-refractivity contribution in [2.24, 2.45) is 5.92 Å². The van der Waals surface area contributed by atoms with Crippen LogP contribution >= 0.6 is 11.8 Å². The van der Waals surface area contributed by atoms with Crippen LogP contribution < -0.4 is 5.32 Å². The van der Waals surface area contributed by atoms with Crippen LogP contribution in [-0.4, -0.2) is 17.1 Å². The van der Waals surface area contributed by atoms with Gasteiger partial charge in [-0.2, -0.15) is 0 Å². The van der Waals surface area contributed by atoms with Crippen molar-refractivity contribution in [3.8, 4) is 0 Å². The maximum Gasteiger partial charge on any atom is 0.131 e. The van der Waals surface area contributed by atoms with Crippen molar-refractivity contribution in [3.63, 3.8) is 0 Å². The molecular formula is C8H11NOS. The molecule has 11 heavy (non-hydrogen) atoms. The number of nitrogens with one attached hydrogen (secondary N) is 1. The molecule has 0 aromatic carbocycles. The second kappa shape index (κ2) is 2.91. The Balaban J connectivity index is 2.22. The fraction of sp³-hybridized carbons (Fsp3) is 0.500. The summed E-state index contributed by atoms with van der Waals surface area (Å²) in [7, 11) is 0. The molecule has 0 bridgehead atoms. The van der Waals surface area contributed by atoms with Gasteiger partial charge in [-0.05, 0) is 29.4 Å². The summed E-state index contributed by atoms with van der Waals surface area (Å²) in [5.74, 6) is 1.47. The van der Waals surface area contributed by atoms with Gasteiger partial charge in [-0.1, -0.05) is 6.08 Å². The Kier molecular flexibility index (Phi) is 1.92. The average Bonchev–Trinajstić information content (AvgIpc) is 2.40. The highest BCUT2D eigenvalue weighted by molar-refractivity contribution is 8.03. The third-order valence-corrected chi connectivity index (χ3v) is 3.28. The minimum atomic E-state index is -0.380. The van der Waals surface area contributed by atoms with E-state index in [0.717, 1.165) is 12.2 Å².